The molecule has 2 aromatic rings. The van der Waals surface area contributed by atoms with E-state index in [0.29, 0.717) is 0 Å². The molecule has 5 heteroatoms. The Labute approximate surface area is 121 Å². The van der Waals surface area contributed by atoms with Crippen LogP contribution in [0.3, 0.4) is 0 Å². The van der Waals surface area contributed by atoms with Crippen LogP contribution < -0.4 is 4.90 Å². The molecule has 0 spiro atoms. The Balaban J connectivity index is 2.15. The molecule has 2 rings (SSSR count). The minimum Gasteiger partial charge on any atom is -0.396 e. The highest BCUT2D eigenvalue weighted by Crippen LogP contribution is 2.24. The van der Waals surface area contributed by atoms with Crippen LogP contribution in [0.5, 0.6) is 0 Å². The van der Waals surface area contributed by atoms with E-state index in [4.69, 9.17) is 5.11 Å². The molecule has 0 saturated heterocycles. The number of aliphatic hydroxyl groups is 1. The zero-order chi connectivity index (χ0) is 13.7. The van der Waals surface area contributed by atoms with E-state index in [1.807, 2.05) is 18.3 Å². The van der Waals surface area contributed by atoms with Gasteiger partial charge in [-0.05, 0) is 47.3 Å². The molecule has 0 aliphatic rings. The molecule has 102 valence electrons. The van der Waals surface area contributed by atoms with Crippen LogP contribution in [0.1, 0.15) is 19.3 Å². The van der Waals surface area contributed by atoms with Gasteiger partial charge in [0.15, 0.2) is 0 Å². The van der Waals surface area contributed by atoms with Gasteiger partial charge in [0, 0.05) is 37.1 Å². The molecule has 0 aromatic carbocycles. The second-order valence-electron chi connectivity index (χ2n) is 4.56. The third-order valence-electron chi connectivity index (χ3n) is 3.09. The lowest BCUT2D eigenvalue weighted by atomic mass is 10.2. The van der Waals surface area contributed by atoms with E-state index in [2.05, 4.69) is 37.8 Å². The maximum absolute atomic E-state index is 8.78. The fourth-order valence-corrected chi connectivity index (χ4v) is 2.38. The van der Waals surface area contributed by atoms with E-state index in [0.717, 1.165) is 47.0 Å². The van der Waals surface area contributed by atoms with Crippen LogP contribution in [0, 0.1) is 0 Å². The number of aliphatic hydroxyl groups excluding tert-OH is 1. The van der Waals surface area contributed by atoms with E-state index in [-0.39, 0.29) is 6.61 Å². The summed E-state index contributed by atoms with van der Waals surface area (Å²) in [6.45, 7) is 1.23. The van der Waals surface area contributed by atoms with Gasteiger partial charge in [-0.15, -0.1) is 0 Å². The Bertz CT molecular complexity index is 547. The lowest BCUT2D eigenvalue weighted by Crippen LogP contribution is -2.19. The van der Waals surface area contributed by atoms with Crippen molar-refractivity contribution in [3.05, 3.63) is 29.0 Å². The minimum absolute atomic E-state index is 0.275. The number of pyridine rings is 2. The fourth-order valence-electron chi connectivity index (χ4n) is 2.06. The van der Waals surface area contributed by atoms with Gasteiger partial charge in [-0.1, -0.05) is 0 Å². The van der Waals surface area contributed by atoms with Crippen molar-refractivity contribution in [3.8, 4) is 0 Å². The molecular weight excluding hydrogens is 306 g/mol. The quantitative estimate of drug-likeness (QED) is 0.830. The fraction of sp³-hybridized carbons (Fsp3) is 0.429. The lowest BCUT2D eigenvalue weighted by Gasteiger charge is -2.20. The zero-order valence-electron chi connectivity index (χ0n) is 11.0. The summed E-state index contributed by atoms with van der Waals surface area (Å²) < 4.78 is 0.940. The van der Waals surface area contributed by atoms with Gasteiger partial charge >= 0.3 is 0 Å². The second-order valence-corrected chi connectivity index (χ2v) is 5.47. The number of hydrogen-bond acceptors (Lipinski definition) is 4. The third-order valence-corrected chi connectivity index (χ3v) is 3.52. The summed E-state index contributed by atoms with van der Waals surface area (Å²) in [7, 11) is 2.07. The number of fused-ring (bicyclic) bond motifs is 1. The van der Waals surface area contributed by atoms with Crippen molar-refractivity contribution in [1.82, 2.24) is 9.97 Å². The van der Waals surface area contributed by atoms with Gasteiger partial charge in [-0.2, -0.15) is 0 Å². The molecule has 0 radical (unpaired) electrons. The van der Waals surface area contributed by atoms with Gasteiger partial charge in [0.1, 0.15) is 5.52 Å². The van der Waals surface area contributed by atoms with Crippen LogP contribution in [0.25, 0.3) is 11.0 Å². The van der Waals surface area contributed by atoms with Crippen molar-refractivity contribution in [2.45, 2.75) is 19.3 Å². The van der Waals surface area contributed by atoms with Gasteiger partial charge in [0.25, 0.3) is 0 Å². The first-order valence-electron chi connectivity index (χ1n) is 6.44. The van der Waals surface area contributed by atoms with Crippen molar-refractivity contribution in [1.29, 1.82) is 0 Å². The Hall–Kier alpha value is -1.20. The van der Waals surface area contributed by atoms with Crippen LogP contribution in [0.2, 0.25) is 0 Å². The molecule has 2 aromatic heterocycles. The zero-order valence-corrected chi connectivity index (χ0v) is 12.6. The Morgan fingerprint density at radius 2 is 2.11 bits per heavy atom. The van der Waals surface area contributed by atoms with E-state index < -0.39 is 0 Å². The second kappa shape index (κ2) is 6.82. The first kappa shape index (κ1) is 14.2. The van der Waals surface area contributed by atoms with E-state index >= 15 is 0 Å². The normalized spacial score (nSPS) is 10.9. The Morgan fingerprint density at radius 1 is 1.26 bits per heavy atom. The van der Waals surface area contributed by atoms with Crippen LogP contribution in [0.15, 0.2) is 29.0 Å². The molecule has 19 heavy (non-hydrogen) atoms. The van der Waals surface area contributed by atoms with Crippen LogP contribution in [0.4, 0.5) is 5.69 Å². The Morgan fingerprint density at radius 3 is 2.89 bits per heavy atom. The molecule has 0 bridgehead atoms. The van der Waals surface area contributed by atoms with E-state index in [1.165, 1.54) is 0 Å². The van der Waals surface area contributed by atoms with Gasteiger partial charge in [0.2, 0.25) is 0 Å². The highest BCUT2D eigenvalue weighted by Gasteiger charge is 2.08. The largest absolute Gasteiger partial charge is 0.396 e. The van der Waals surface area contributed by atoms with Crippen molar-refractivity contribution in [3.63, 3.8) is 0 Å². The SMILES string of the molecule is CN(CCCCCO)c1ccnc2cc(Br)cnc12. The topological polar surface area (TPSA) is 49.2 Å². The maximum atomic E-state index is 8.78. The van der Waals surface area contributed by atoms with Gasteiger partial charge in [-0.3, -0.25) is 9.97 Å². The Kier molecular flexibility index (Phi) is 5.10. The van der Waals surface area contributed by atoms with Crippen LogP contribution >= 0.6 is 15.9 Å². The highest BCUT2D eigenvalue weighted by molar-refractivity contribution is 9.10. The predicted molar refractivity (Wildman–Crippen MR) is 81.4 cm³/mol. The van der Waals surface area contributed by atoms with Crippen LogP contribution in [-0.2, 0) is 0 Å². The summed E-state index contributed by atoms with van der Waals surface area (Å²) in [5, 5.41) is 8.78. The minimum atomic E-state index is 0.275. The first-order chi connectivity index (χ1) is 9.22. The van der Waals surface area contributed by atoms with Gasteiger partial charge in [-0.25, -0.2) is 0 Å². The molecule has 4 nitrogen and oxygen atoms in total. The third kappa shape index (κ3) is 3.64. The predicted octanol–water partition coefficient (Wildman–Crippen LogP) is 2.99. The number of rotatable bonds is 6. The number of nitrogens with zero attached hydrogens (tertiary/aromatic N) is 3. The highest BCUT2D eigenvalue weighted by atomic mass is 79.9. The van der Waals surface area contributed by atoms with Crippen molar-refractivity contribution < 1.29 is 5.11 Å². The van der Waals surface area contributed by atoms with Crippen molar-refractivity contribution in [2.75, 3.05) is 25.1 Å². The maximum Gasteiger partial charge on any atom is 0.112 e. The van der Waals surface area contributed by atoms with Gasteiger partial charge in [0.05, 0.1) is 11.2 Å². The van der Waals surface area contributed by atoms with Gasteiger partial charge < -0.3 is 10.0 Å². The number of hydrogen-bond donors (Lipinski definition) is 1. The van der Waals surface area contributed by atoms with E-state index in [9.17, 15) is 0 Å². The molecule has 1 N–H and O–H groups in total. The number of halogens is 1. The summed E-state index contributed by atoms with van der Waals surface area (Å²) in [5.74, 6) is 0. The molecule has 0 saturated carbocycles. The smallest absolute Gasteiger partial charge is 0.112 e. The average Bonchev–Trinajstić information content (AvgIpc) is 2.42. The number of anilines is 1. The average molecular weight is 324 g/mol. The molecule has 0 unspecified atom stereocenters. The summed E-state index contributed by atoms with van der Waals surface area (Å²) >= 11 is 3.41. The molecule has 0 aliphatic heterocycles. The lowest BCUT2D eigenvalue weighted by molar-refractivity contribution is 0.283. The molecule has 0 fully saturated rings. The standard InChI is InChI=1S/C14H18BrN3O/c1-18(7-3-2-4-8-19)13-5-6-16-12-9-11(15)10-17-14(12)13/h5-6,9-10,19H,2-4,7-8H2,1H3. The molecule has 0 aliphatic carbocycles. The number of aromatic nitrogens is 2. The van der Waals surface area contributed by atoms with Crippen molar-refractivity contribution >= 4 is 32.7 Å². The monoisotopic (exact) mass is 323 g/mol. The summed E-state index contributed by atoms with van der Waals surface area (Å²) in [6, 6.07) is 3.97. The van der Waals surface area contributed by atoms with Crippen LogP contribution in [-0.4, -0.2) is 35.3 Å². The first-order valence-corrected chi connectivity index (χ1v) is 7.24. The number of unbranched alkanes of at least 4 members (excludes halogenated alkanes) is 2. The molecular formula is C14H18BrN3O. The summed E-state index contributed by atoms with van der Waals surface area (Å²) in [6.07, 6.45) is 6.60. The van der Waals surface area contributed by atoms with Crippen molar-refractivity contribution in [2.24, 2.45) is 0 Å². The van der Waals surface area contributed by atoms with E-state index in [1.54, 1.807) is 6.20 Å². The summed E-state index contributed by atoms with van der Waals surface area (Å²) in [5.41, 5.74) is 2.92. The molecule has 0 atom stereocenters. The molecule has 2 heterocycles. The summed E-state index contributed by atoms with van der Waals surface area (Å²) in [4.78, 5) is 11.0. The molecule has 0 amide bonds.